The van der Waals surface area contributed by atoms with E-state index in [1.807, 2.05) is 18.2 Å². The molecule has 0 saturated heterocycles. The van der Waals surface area contributed by atoms with Crippen molar-refractivity contribution in [2.24, 2.45) is 0 Å². The van der Waals surface area contributed by atoms with Crippen molar-refractivity contribution >= 4 is 39.5 Å². The van der Waals surface area contributed by atoms with Gasteiger partial charge >= 0.3 is 39.5 Å². The van der Waals surface area contributed by atoms with E-state index in [0.29, 0.717) is 32.1 Å². The maximum Gasteiger partial charge on any atom is 0.472 e. The average molecular weight is 1520 g/mol. The Morgan fingerprint density at radius 2 is 0.528 bits per heavy atom. The van der Waals surface area contributed by atoms with Gasteiger partial charge in [0, 0.05) is 25.7 Å². The number of rotatable bonds is 75. The van der Waals surface area contributed by atoms with E-state index in [-0.39, 0.29) is 25.7 Å². The van der Waals surface area contributed by atoms with Gasteiger partial charge in [0.2, 0.25) is 0 Å². The van der Waals surface area contributed by atoms with Gasteiger partial charge in [-0.2, -0.15) is 0 Å². The van der Waals surface area contributed by atoms with Gasteiger partial charge in [0.25, 0.3) is 0 Å². The van der Waals surface area contributed by atoms with Gasteiger partial charge in [-0.25, -0.2) is 9.13 Å². The van der Waals surface area contributed by atoms with Crippen LogP contribution in [-0.2, 0) is 65.4 Å². The molecule has 5 atom stereocenters. The minimum absolute atomic E-state index is 0.0230. The minimum atomic E-state index is -5.01. The molecule has 0 aliphatic rings. The SMILES string of the molecule is CC/C=C\C/C=C\C/C=C\C/C=C\C/C=C\C/C=C\CCC(=O)OCC(COP(=O)(O)OCC(O)COP(=O)(O)OCC(COC(=O)CCCCCCCCCCCCCCCCC)OC(=O)CCCCCCC/C=C\C/C=C\CCC)OC(=O)CCCCC/C=C\C/C=C\C/C=C\C/C=C\C/C=C\CC. The fourth-order valence-corrected chi connectivity index (χ4v) is 11.9. The van der Waals surface area contributed by atoms with E-state index in [0.717, 1.165) is 154 Å². The first-order valence-electron chi connectivity index (χ1n) is 40.7. The predicted molar refractivity (Wildman–Crippen MR) is 436 cm³/mol. The number of phosphoric acid groups is 2. The minimum Gasteiger partial charge on any atom is -0.462 e. The van der Waals surface area contributed by atoms with Crippen molar-refractivity contribution < 1.29 is 80.2 Å². The summed E-state index contributed by atoms with van der Waals surface area (Å²) in [4.78, 5) is 73.0. The zero-order valence-corrected chi connectivity index (χ0v) is 67.8. The van der Waals surface area contributed by atoms with Crippen molar-refractivity contribution in [2.45, 2.75) is 329 Å². The van der Waals surface area contributed by atoms with Crippen molar-refractivity contribution in [3.8, 4) is 0 Å². The van der Waals surface area contributed by atoms with E-state index in [2.05, 4.69) is 167 Å². The lowest BCUT2D eigenvalue weighted by atomic mass is 10.0. The molecule has 106 heavy (non-hydrogen) atoms. The molecule has 0 aromatic rings. The van der Waals surface area contributed by atoms with Gasteiger partial charge in [-0.15, -0.1) is 0 Å². The first kappa shape index (κ1) is 101. The Morgan fingerprint density at radius 1 is 0.274 bits per heavy atom. The second kappa shape index (κ2) is 77.8. The van der Waals surface area contributed by atoms with Gasteiger partial charge in [0.15, 0.2) is 12.2 Å². The van der Waals surface area contributed by atoms with Crippen LogP contribution in [0, 0.1) is 0 Å². The molecule has 0 amide bonds. The van der Waals surface area contributed by atoms with Gasteiger partial charge in [-0.1, -0.05) is 308 Å². The Labute approximate surface area is 642 Å². The number of hydrogen-bond acceptors (Lipinski definition) is 15. The fourth-order valence-electron chi connectivity index (χ4n) is 10.4. The highest BCUT2D eigenvalue weighted by atomic mass is 31.2. The van der Waals surface area contributed by atoms with Crippen molar-refractivity contribution in [2.75, 3.05) is 39.6 Å². The number of allylic oxidation sites excluding steroid dienone is 26. The number of hydrogen-bond donors (Lipinski definition) is 3. The smallest absolute Gasteiger partial charge is 0.462 e. The van der Waals surface area contributed by atoms with Crippen LogP contribution in [0.4, 0.5) is 0 Å². The van der Waals surface area contributed by atoms with Crippen molar-refractivity contribution in [3.05, 3.63) is 158 Å². The largest absolute Gasteiger partial charge is 0.472 e. The molecule has 3 N–H and O–H groups in total. The van der Waals surface area contributed by atoms with Crippen molar-refractivity contribution in [3.63, 3.8) is 0 Å². The van der Waals surface area contributed by atoms with E-state index in [9.17, 15) is 43.2 Å². The molecule has 0 spiro atoms. The Kier molecular flexibility index (Phi) is 73.9. The maximum atomic E-state index is 13.1. The van der Waals surface area contributed by atoms with Crippen LogP contribution in [0.25, 0.3) is 0 Å². The Hall–Kier alpha value is -5.32. The Balaban J connectivity index is 5.48. The summed E-state index contributed by atoms with van der Waals surface area (Å²) in [7, 11) is -10.0. The second-order valence-corrected chi connectivity index (χ2v) is 29.5. The summed E-state index contributed by atoms with van der Waals surface area (Å²) in [6.07, 6.45) is 90.9. The molecule has 0 radical (unpaired) electrons. The molecule has 0 fully saturated rings. The molecule has 0 rings (SSSR count). The van der Waals surface area contributed by atoms with E-state index in [1.165, 1.54) is 70.6 Å². The van der Waals surface area contributed by atoms with Gasteiger partial charge in [0.1, 0.15) is 19.3 Å². The second-order valence-electron chi connectivity index (χ2n) is 26.6. The average Bonchev–Trinajstić information content (AvgIpc) is 0.903. The number of phosphoric ester groups is 2. The van der Waals surface area contributed by atoms with Crippen LogP contribution in [0.15, 0.2) is 158 Å². The summed E-state index contributed by atoms with van der Waals surface area (Å²) < 4.78 is 68.5. The van der Waals surface area contributed by atoms with Crippen molar-refractivity contribution in [1.29, 1.82) is 0 Å². The lowest BCUT2D eigenvalue weighted by molar-refractivity contribution is -0.161. The monoisotopic (exact) mass is 1520 g/mol. The summed E-state index contributed by atoms with van der Waals surface area (Å²) in [5.41, 5.74) is 0. The van der Waals surface area contributed by atoms with E-state index in [1.54, 1.807) is 0 Å². The highest BCUT2D eigenvalue weighted by Crippen LogP contribution is 2.45. The molecule has 604 valence electrons. The highest BCUT2D eigenvalue weighted by Gasteiger charge is 2.30. The zero-order valence-electron chi connectivity index (χ0n) is 66.1. The predicted octanol–water partition coefficient (Wildman–Crippen LogP) is 24.0. The number of aliphatic hydroxyl groups is 1. The summed E-state index contributed by atoms with van der Waals surface area (Å²) in [6, 6.07) is 0. The fraction of sp³-hybridized carbons (Fsp3) is 0.655. The summed E-state index contributed by atoms with van der Waals surface area (Å²) >= 11 is 0. The molecule has 0 aromatic carbocycles. The molecular formula is C87H144O17P2. The highest BCUT2D eigenvalue weighted by molar-refractivity contribution is 7.47. The molecule has 19 heteroatoms. The molecule has 17 nitrogen and oxygen atoms in total. The third kappa shape index (κ3) is 76.9. The van der Waals surface area contributed by atoms with Crippen molar-refractivity contribution in [1.82, 2.24) is 0 Å². The summed E-state index contributed by atoms with van der Waals surface area (Å²) in [5, 5.41) is 10.6. The molecule has 0 saturated carbocycles. The van der Waals surface area contributed by atoms with E-state index >= 15 is 0 Å². The quantitative estimate of drug-likeness (QED) is 0.0169. The normalized spacial score (nSPS) is 14.7. The molecule has 0 aliphatic heterocycles. The number of unbranched alkanes of at least 4 members (excludes halogenated alkanes) is 23. The van der Waals surface area contributed by atoms with Crippen LogP contribution in [0.2, 0.25) is 0 Å². The molecule has 0 aliphatic carbocycles. The third-order valence-corrected chi connectivity index (χ3v) is 18.4. The summed E-state index contributed by atoms with van der Waals surface area (Å²) in [5.74, 6) is -2.33. The van der Waals surface area contributed by atoms with Gasteiger partial charge < -0.3 is 33.8 Å². The molecular weight excluding hydrogens is 1380 g/mol. The number of esters is 4. The van der Waals surface area contributed by atoms with Crippen LogP contribution < -0.4 is 0 Å². The van der Waals surface area contributed by atoms with E-state index in [4.69, 9.17) is 37.0 Å². The lowest BCUT2D eigenvalue weighted by Crippen LogP contribution is -2.30. The van der Waals surface area contributed by atoms with Gasteiger partial charge in [-0.05, 0) is 135 Å². The maximum absolute atomic E-state index is 13.1. The number of aliphatic hydroxyl groups excluding tert-OH is 1. The molecule has 0 heterocycles. The molecule has 0 aromatic heterocycles. The van der Waals surface area contributed by atoms with Gasteiger partial charge in [0.05, 0.1) is 26.4 Å². The number of carbonyl (C=O) groups excluding carboxylic acids is 4. The van der Waals surface area contributed by atoms with Crippen LogP contribution >= 0.6 is 15.6 Å². The van der Waals surface area contributed by atoms with Crippen LogP contribution in [-0.4, -0.2) is 96.7 Å². The van der Waals surface area contributed by atoms with Crippen LogP contribution in [0.5, 0.6) is 0 Å². The summed E-state index contributed by atoms with van der Waals surface area (Å²) in [6.45, 7) is 4.45. The standard InChI is InChI=1S/C87H144O17P2/c1-5-9-13-17-21-25-29-33-36-38-40-42-45-49-52-56-60-64-68-72-85(90)98-78-83(104-87(92)74-70-66-62-58-54-50-46-43-41-39-37-34-30-26-22-18-14-10-6-2)80-102-106(95,96)100-76-81(88)75-99-105(93,94)101-79-82(103-86(91)73-69-65-61-57-53-47-32-28-24-20-16-12-8-4)77-97-84(89)71-67-63-59-55-51-48-44-35-31-27-23-19-15-11-7-3/h9-10,13-14,16,20-22,25-26,28,32-34,36-37,40-43,49-50,52,54,60,64,81-83,88H,5-8,11-12,15,17-19,23-24,27,29-31,35,38-39,44-48,51,53,55-59,61-63,65-80H2,1-4H3,(H,93,94)(H,95,96)/b13-9-,14-10-,20-16-,25-21-,26-22-,32-28-,36-33-,37-34-,42-40-,43-41-,52-49-,54-50-,64-60-. The number of ether oxygens (including phenoxy) is 4. The Bertz CT molecular complexity index is 2630. The van der Waals surface area contributed by atoms with Crippen LogP contribution in [0.1, 0.15) is 310 Å². The van der Waals surface area contributed by atoms with E-state index < -0.39 is 97.5 Å². The first-order valence-corrected chi connectivity index (χ1v) is 43.7. The zero-order chi connectivity index (χ0) is 77.4. The topological polar surface area (TPSA) is 237 Å². The molecule has 5 unspecified atom stereocenters. The first-order chi connectivity index (χ1) is 51.7. The third-order valence-electron chi connectivity index (χ3n) is 16.5. The number of carbonyl (C=O) groups is 4. The Morgan fingerprint density at radius 3 is 0.858 bits per heavy atom. The molecule has 0 bridgehead atoms. The van der Waals surface area contributed by atoms with Crippen LogP contribution in [0.3, 0.4) is 0 Å². The van der Waals surface area contributed by atoms with Gasteiger partial charge in [-0.3, -0.25) is 37.3 Å². The lowest BCUT2D eigenvalue weighted by Gasteiger charge is -2.21.